The van der Waals surface area contributed by atoms with E-state index in [9.17, 15) is 0 Å². The van der Waals surface area contributed by atoms with Crippen LogP contribution in [0.15, 0.2) is 6.20 Å². The van der Waals surface area contributed by atoms with Crippen LogP contribution in [0.3, 0.4) is 0 Å². The highest BCUT2D eigenvalue weighted by molar-refractivity contribution is 6.30. The fourth-order valence-electron chi connectivity index (χ4n) is 1.91. The summed E-state index contributed by atoms with van der Waals surface area (Å²) >= 11 is 6.20. The highest BCUT2D eigenvalue weighted by atomic mass is 35.5. The van der Waals surface area contributed by atoms with Crippen LogP contribution >= 0.6 is 11.6 Å². The Morgan fingerprint density at radius 1 is 1.42 bits per heavy atom. The molecule has 0 atom stereocenters. The van der Waals surface area contributed by atoms with Crippen molar-refractivity contribution >= 4 is 11.6 Å². The van der Waals surface area contributed by atoms with Gasteiger partial charge in [-0.1, -0.05) is 23.7 Å². The normalized spacial score (nSPS) is 11.2. The van der Waals surface area contributed by atoms with E-state index >= 15 is 0 Å². The highest BCUT2D eigenvalue weighted by Crippen LogP contribution is 2.19. The number of hydrogen-bond donors (Lipinski definition) is 1. The van der Waals surface area contributed by atoms with Gasteiger partial charge < -0.3 is 5.32 Å². The number of rotatable bonds is 6. The molecule has 0 unspecified atom stereocenters. The minimum atomic E-state index is 0.597. The van der Waals surface area contributed by atoms with E-state index in [0.717, 1.165) is 36.5 Å². The van der Waals surface area contributed by atoms with Gasteiger partial charge in [0.05, 0.1) is 24.1 Å². The number of aromatic nitrogens is 5. The number of halogens is 1. The molecule has 7 heteroatoms. The van der Waals surface area contributed by atoms with E-state index in [1.807, 2.05) is 20.2 Å². The maximum absolute atomic E-state index is 6.20. The van der Waals surface area contributed by atoms with Crippen molar-refractivity contribution in [2.75, 3.05) is 6.54 Å². The molecule has 0 amide bonds. The van der Waals surface area contributed by atoms with Crippen LogP contribution in [0.2, 0.25) is 5.15 Å². The smallest absolute Gasteiger partial charge is 0.132 e. The van der Waals surface area contributed by atoms with Crippen LogP contribution in [0.5, 0.6) is 0 Å². The Labute approximate surface area is 117 Å². The Morgan fingerprint density at radius 3 is 2.84 bits per heavy atom. The summed E-state index contributed by atoms with van der Waals surface area (Å²) in [7, 11) is 1.83. The second-order valence-corrected chi connectivity index (χ2v) is 4.92. The van der Waals surface area contributed by atoms with Gasteiger partial charge in [0.1, 0.15) is 5.15 Å². The Hall–Kier alpha value is -1.40. The first kappa shape index (κ1) is 14.0. The molecule has 0 bridgehead atoms. The average molecular weight is 283 g/mol. The number of hydrogen-bond acceptors (Lipinski definition) is 4. The summed E-state index contributed by atoms with van der Waals surface area (Å²) in [5.41, 5.74) is 2.85. The quantitative estimate of drug-likeness (QED) is 0.816. The van der Waals surface area contributed by atoms with Crippen molar-refractivity contribution in [1.82, 2.24) is 30.1 Å². The van der Waals surface area contributed by atoms with E-state index < -0.39 is 0 Å². The Morgan fingerprint density at radius 2 is 2.21 bits per heavy atom. The zero-order chi connectivity index (χ0) is 13.8. The van der Waals surface area contributed by atoms with Gasteiger partial charge in [0.15, 0.2) is 0 Å². The zero-order valence-corrected chi connectivity index (χ0v) is 12.3. The van der Waals surface area contributed by atoms with Gasteiger partial charge in [-0.25, -0.2) is 4.68 Å². The molecule has 0 spiro atoms. The van der Waals surface area contributed by atoms with Crippen LogP contribution in [-0.4, -0.2) is 31.3 Å². The van der Waals surface area contributed by atoms with Crippen LogP contribution in [0.25, 0.3) is 0 Å². The molecule has 0 radical (unpaired) electrons. The van der Waals surface area contributed by atoms with Gasteiger partial charge in [-0.3, -0.25) is 4.68 Å². The van der Waals surface area contributed by atoms with Crippen molar-refractivity contribution in [3.05, 3.63) is 28.3 Å². The van der Waals surface area contributed by atoms with Gasteiger partial charge in [-0.2, -0.15) is 5.10 Å². The highest BCUT2D eigenvalue weighted by Gasteiger charge is 2.12. The fraction of sp³-hybridized carbons (Fsp3) is 0.583. The number of nitrogens with zero attached hydrogens (tertiary/aromatic N) is 5. The van der Waals surface area contributed by atoms with E-state index in [1.54, 1.807) is 9.36 Å². The predicted octanol–water partition coefficient (Wildman–Crippen LogP) is 1.52. The topological polar surface area (TPSA) is 60.6 Å². The molecule has 0 saturated carbocycles. The van der Waals surface area contributed by atoms with Crippen molar-refractivity contribution in [3.8, 4) is 0 Å². The minimum Gasteiger partial charge on any atom is -0.311 e. The molecule has 0 aliphatic rings. The number of nitrogens with one attached hydrogen (secondary N) is 1. The maximum Gasteiger partial charge on any atom is 0.132 e. The van der Waals surface area contributed by atoms with Crippen molar-refractivity contribution in [1.29, 1.82) is 0 Å². The van der Waals surface area contributed by atoms with Gasteiger partial charge in [0.2, 0.25) is 0 Å². The standard InChI is InChI=1S/C12H19ClN6/c1-4-5-14-6-10-7-19(17-15-10)8-11-9(2)16-18(3)12(11)13/h7,14H,4-6,8H2,1-3H3. The molecule has 2 aromatic rings. The van der Waals surface area contributed by atoms with Gasteiger partial charge >= 0.3 is 0 Å². The van der Waals surface area contributed by atoms with Crippen molar-refractivity contribution in [2.45, 2.75) is 33.4 Å². The molecule has 104 valence electrons. The van der Waals surface area contributed by atoms with Crippen LogP contribution in [-0.2, 0) is 20.1 Å². The third-order valence-electron chi connectivity index (χ3n) is 2.91. The summed E-state index contributed by atoms with van der Waals surface area (Å²) < 4.78 is 3.46. The molecule has 0 aliphatic heterocycles. The summed E-state index contributed by atoms with van der Waals surface area (Å²) in [5.74, 6) is 0. The average Bonchev–Trinajstić information content (AvgIpc) is 2.91. The molecule has 0 fully saturated rings. The van der Waals surface area contributed by atoms with Crippen molar-refractivity contribution in [3.63, 3.8) is 0 Å². The summed E-state index contributed by atoms with van der Waals surface area (Å²) in [6.45, 7) is 6.41. The van der Waals surface area contributed by atoms with Crippen molar-refractivity contribution < 1.29 is 0 Å². The fourth-order valence-corrected chi connectivity index (χ4v) is 2.14. The third-order valence-corrected chi connectivity index (χ3v) is 3.38. The van der Waals surface area contributed by atoms with Crippen LogP contribution < -0.4 is 5.32 Å². The molecule has 0 aromatic carbocycles. The lowest BCUT2D eigenvalue weighted by Gasteiger charge is -2.00. The molecular formula is C12H19ClN6. The first-order chi connectivity index (χ1) is 9.11. The van der Waals surface area contributed by atoms with E-state index in [4.69, 9.17) is 11.6 Å². The lowest BCUT2D eigenvalue weighted by molar-refractivity contribution is 0.643. The van der Waals surface area contributed by atoms with E-state index in [2.05, 4.69) is 27.7 Å². The molecular weight excluding hydrogens is 264 g/mol. The van der Waals surface area contributed by atoms with Crippen LogP contribution in [0.1, 0.15) is 30.3 Å². The largest absolute Gasteiger partial charge is 0.311 e. The summed E-state index contributed by atoms with van der Waals surface area (Å²) in [6.07, 6.45) is 3.05. The molecule has 19 heavy (non-hydrogen) atoms. The maximum atomic E-state index is 6.20. The SMILES string of the molecule is CCCNCc1cn(Cc2c(C)nn(C)c2Cl)nn1. The lowest BCUT2D eigenvalue weighted by Crippen LogP contribution is -2.13. The molecule has 2 rings (SSSR count). The second-order valence-electron chi connectivity index (χ2n) is 4.56. The predicted molar refractivity (Wildman–Crippen MR) is 74.1 cm³/mol. The van der Waals surface area contributed by atoms with E-state index in [-0.39, 0.29) is 0 Å². The van der Waals surface area contributed by atoms with Gasteiger partial charge in [0.25, 0.3) is 0 Å². The molecule has 2 heterocycles. The zero-order valence-electron chi connectivity index (χ0n) is 11.5. The molecule has 0 aliphatic carbocycles. The van der Waals surface area contributed by atoms with Gasteiger partial charge in [0, 0.05) is 19.2 Å². The minimum absolute atomic E-state index is 0.597. The summed E-state index contributed by atoms with van der Waals surface area (Å²) in [4.78, 5) is 0. The van der Waals surface area contributed by atoms with Gasteiger partial charge in [-0.05, 0) is 19.9 Å². The van der Waals surface area contributed by atoms with E-state index in [0.29, 0.717) is 11.7 Å². The third kappa shape index (κ3) is 3.33. The van der Waals surface area contributed by atoms with Crippen LogP contribution in [0, 0.1) is 6.92 Å². The second kappa shape index (κ2) is 6.16. The Balaban J connectivity index is 2.03. The van der Waals surface area contributed by atoms with Crippen LogP contribution in [0.4, 0.5) is 0 Å². The van der Waals surface area contributed by atoms with E-state index in [1.165, 1.54) is 0 Å². The molecule has 1 N–H and O–H groups in total. The molecule has 0 saturated heterocycles. The molecule has 6 nitrogen and oxygen atoms in total. The van der Waals surface area contributed by atoms with Gasteiger partial charge in [-0.15, -0.1) is 5.10 Å². The Bertz CT molecular complexity index is 544. The lowest BCUT2D eigenvalue weighted by atomic mass is 10.2. The van der Waals surface area contributed by atoms with Crippen molar-refractivity contribution in [2.24, 2.45) is 7.05 Å². The monoisotopic (exact) mass is 282 g/mol. The first-order valence-corrected chi connectivity index (χ1v) is 6.77. The first-order valence-electron chi connectivity index (χ1n) is 6.39. The molecule has 2 aromatic heterocycles. The summed E-state index contributed by atoms with van der Waals surface area (Å²) in [5, 5.41) is 16.5. The summed E-state index contributed by atoms with van der Waals surface area (Å²) in [6, 6.07) is 0. The Kier molecular flexibility index (Phi) is 4.55. The number of aryl methyl sites for hydroxylation is 2.